The maximum atomic E-state index is 5.96. The number of hydrogen-bond donors (Lipinski definition) is 0. The van der Waals surface area contributed by atoms with E-state index >= 15 is 0 Å². The number of unbranched alkanes of at least 4 members (excludes halogenated alkanes) is 3. The summed E-state index contributed by atoms with van der Waals surface area (Å²) in [6.45, 7) is 4.41. The van der Waals surface area contributed by atoms with Crippen LogP contribution in [0.2, 0.25) is 5.02 Å². The average Bonchev–Trinajstić information content (AvgIpc) is 2.51. The predicted molar refractivity (Wildman–Crippen MR) is 89.8 cm³/mol. The summed E-state index contributed by atoms with van der Waals surface area (Å²) >= 11 is 5.96. The maximum Gasteiger partial charge on any atom is 0.119 e. The first kappa shape index (κ1) is 15.9. The van der Waals surface area contributed by atoms with Crippen LogP contribution >= 0.6 is 11.6 Å². The Labute approximate surface area is 132 Å². The summed E-state index contributed by atoms with van der Waals surface area (Å²) in [5.74, 6) is 0.900. The summed E-state index contributed by atoms with van der Waals surface area (Å²) in [6, 6.07) is 16.1. The molecule has 0 aliphatic carbocycles. The van der Waals surface area contributed by atoms with Gasteiger partial charge in [0.15, 0.2) is 0 Å². The molecule has 0 amide bonds. The molecule has 2 aromatic carbocycles. The first-order valence-electron chi connectivity index (χ1n) is 7.53. The lowest BCUT2D eigenvalue weighted by molar-refractivity contribution is 0.306. The van der Waals surface area contributed by atoms with Gasteiger partial charge in [0.1, 0.15) is 12.4 Å². The van der Waals surface area contributed by atoms with E-state index in [4.69, 9.17) is 16.3 Å². The second kappa shape index (κ2) is 8.74. The number of ether oxygens (including phenoxy) is 1. The van der Waals surface area contributed by atoms with Crippen LogP contribution in [0.15, 0.2) is 48.5 Å². The van der Waals surface area contributed by atoms with Crippen LogP contribution in [0.5, 0.6) is 5.75 Å². The van der Waals surface area contributed by atoms with Crippen LogP contribution in [0.25, 0.3) is 0 Å². The van der Waals surface area contributed by atoms with E-state index in [1.54, 1.807) is 0 Å². The summed E-state index contributed by atoms with van der Waals surface area (Å²) in [5, 5.41) is 0.744. The van der Waals surface area contributed by atoms with Crippen LogP contribution < -0.4 is 4.74 Å². The quantitative estimate of drug-likeness (QED) is 0.555. The van der Waals surface area contributed by atoms with Crippen molar-refractivity contribution in [3.8, 4) is 5.75 Å². The monoisotopic (exact) mass is 301 g/mol. The smallest absolute Gasteiger partial charge is 0.119 e. The maximum absolute atomic E-state index is 5.96. The van der Waals surface area contributed by atoms with Gasteiger partial charge in [-0.1, -0.05) is 62.1 Å². The third-order valence-electron chi connectivity index (χ3n) is 3.43. The molecule has 1 nitrogen and oxygen atoms in total. The highest BCUT2D eigenvalue weighted by Crippen LogP contribution is 2.17. The molecule has 2 aromatic rings. The molecule has 2 heteroatoms. The van der Waals surface area contributed by atoms with E-state index in [1.807, 2.05) is 36.4 Å². The summed E-state index contributed by atoms with van der Waals surface area (Å²) in [6.07, 6.45) is 5.89. The van der Waals surface area contributed by atoms with Crippen LogP contribution in [-0.2, 0) is 13.0 Å². The van der Waals surface area contributed by atoms with Crippen LogP contribution in [0, 0.1) is 6.92 Å². The van der Waals surface area contributed by atoms with Crippen molar-refractivity contribution in [2.24, 2.45) is 0 Å². The minimum Gasteiger partial charge on any atom is -0.489 e. The van der Waals surface area contributed by atoms with Gasteiger partial charge in [0.2, 0.25) is 0 Å². The highest BCUT2D eigenvalue weighted by molar-refractivity contribution is 6.30. The molecule has 0 aliphatic rings. The minimum atomic E-state index is 0.545. The van der Waals surface area contributed by atoms with E-state index in [9.17, 15) is 0 Å². The van der Waals surface area contributed by atoms with E-state index in [2.05, 4.69) is 19.1 Å². The molecule has 21 heavy (non-hydrogen) atoms. The van der Waals surface area contributed by atoms with Gasteiger partial charge in [-0.15, -0.1) is 0 Å². The molecule has 0 N–H and O–H groups in total. The van der Waals surface area contributed by atoms with E-state index in [0.717, 1.165) is 29.2 Å². The van der Waals surface area contributed by atoms with Crippen LogP contribution in [-0.4, -0.2) is 0 Å². The largest absolute Gasteiger partial charge is 0.489 e. The number of benzene rings is 2. The molecule has 0 aliphatic heterocycles. The molecule has 0 aromatic heterocycles. The lowest BCUT2D eigenvalue weighted by Gasteiger charge is -2.08. The van der Waals surface area contributed by atoms with E-state index in [0.29, 0.717) is 6.61 Å². The fraction of sp³-hybridized carbons (Fsp3) is 0.316. The minimum absolute atomic E-state index is 0.545. The van der Waals surface area contributed by atoms with Crippen LogP contribution in [0.1, 0.15) is 36.8 Å². The Kier molecular flexibility index (Phi) is 6.62. The number of rotatable bonds is 8. The summed E-state index contributed by atoms with van der Waals surface area (Å²) in [5.41, 5.74) is 2.45. The van der Waals surface area contributed by atoms with E-state index in [-0.39, 0.29) is 0 Å². The first-order chi connectivity index (χ1) is 10.3. The normalized spacial score (nSPS) is 10.6. The van der Waals surface area contributed by atoms with Crippen LogP contribution in [0.3, 0.4) is 0 Å². The van der Waals surface area contributed by atoms with Crippen molar-refractivity contribution in [1.29, 1.82) is 0 Å². The molecule has 0 bridgehead atoms. The average molecular weight is 302 g/mol. The highest BCUT2D eigenvalue weighted by Gasteiger charge is 1.98. The zero-order valence-electron chi connectivity index (χ0n) is 12.4. The predicted octanol–water partition coefficient (Wildman–Crippen LogP) is 5.86. The molecule has 0 atom stereocenters. The fourth-order valence-corrected chi connectivity index (χ4v) is 2.44. The number of halogens is 1. The molecule has 0 fully saturated rings. The van der Waals surface area contributed by atoms with Crippen molar-refractivity contribution >= 4 is 11.6 Å². The molecule has 2 rings (SSSR count). The Bertz CT molecular complexity index is 534. The van der Waals surface area contributed by atoms with Crippen molar-refractivity contribution in [2.45, 2.75) is 38.7 Å². The molecule has 0 saturated carbocycles. The lowest BCUT2D eigenvalue weighted by atomic mass is 10.1. The van der Waals surface area contributed by atoms with Gasteiger partial charge in [0.25, 0.3) is 0 Å². The summed E-state index contributed by atoms with van der Waals surface area (Å²) in [4.78, 5) is 0. The molecule has 1 radical (unpaired) electrons. The van der Waals surface area contributed by atoms with Crippen molar-refractivity contribution < 1.29 is 4.74 Å². The third-order valence-corrected chi connectivity index (χ3v) is 3.67. The number of aryl methyl sites for hydroxylation is 1. The molecular formula is C19H22ClO. The highest BCUT2D eigenvalue weighted by atomic mass is 35.5. The SMILES string of the molecule is [CH2]CCCCCc1ccc(OCc2cccc(Cl)c2)cc1. The zero-order valence-corrected chi connectivity index (χ0v) is 13.1. The summed E-state index contributed by atoms with van der Waals surface area (Å²) in [7, 11) is 0. The number of hydrogen-bond acceptors (Lipinski definition) is 1. The Balaban J connectivity index is 1.79. The Hall–Kier alpha value is -1.47. The first-order valence-corrected chi connectivity index (χ1v) is 7.91. The van der Waals surface area contributed by atoms with Gasteiger partial charge in [-0.2, -0.15) is 0 Å². The van der Waals surface area contributed by atoms with Gasteiger partial charge in [-0.25, -0.2) is 0 Å². The van der Waals surface area contributed by atoms with Crippen LogP contribution in [0.4, 0.5) is 0 Å². The van der Waals surface area contributed by atoms with Gasteiger partial charge in [-0.3, -0.25) is 0 Å². The fourth-order valence-electron chi connectivity index (χ4n) is 2.23. The standard InChI is InChI=1S/C19H22ClO/c1-2-3-4-5-7-16-10-12-19(13-11-16)21-15-17-8-6-9-18(20)14-17/h6,8-14H,1-5,7,15H2. The Morgan fingerprint density at radius 3 is 2.43 bits per heavy atom. The van der Waals surface area contributed by atoms with Gasteiger partial charge >= 0.3 is 0 Å². The van der Waals surface area contributed by atoms with Crippen molar-refractivity contribution in [1.82, 2.24) is 0 Å². The molecule has 0 saturated heterocycles. The molecule has 0 unspecified atom stereocenters. The Morgan fingerprint density at radius 1 is 0.905 bits per heavy atom. The molecule has 0 heterocycles. The second-order valence-corrected chi connectivity index (χ2v) is 5.66. The van der Waals surface area contributed by atoms with Gasteiger partial charge in [0.05, 0.1) is 0 Å². The van der Waals surface area contributed by atoms with E-state index in [1.165, 1.54) is 24.8 Å². The van der Waals surface area contributed by atoms with Crippen molar-refractivity contribution in [3.05, 3.63) is 71.6 Å². The van der Waals surface area contributed by atoms with Gasteiger partial charge in [-0.05, 0) is 48.2 Å². The summed E-state index contributed by atoms with van der Waals surface area (Å²) < 4.78 is 5.78. The second-order valence-electron chi connectivity index (χ2n) is 5.23. The van der Waals surface area contributed by atoms with Crippen molar-refractivity contribution in [2.75, 3.05) is 0 Å². The third kappa shape index (κ3) is 5.81. The van der Waals surface area contributed by atoms with Gasteiger partial charge in [0, 0.05) is 5.02 Å². The molecule has 111 valence electrons. The Morgan fingerprint density at radius 2 is 1.71 bits per heavy atom. The van der Waals surface area contributed by atoms with Gasteiger partial charge < -0.3 is 4.74 Å². The zero-order chi connectivity index (χ0) is 14.9. The molecule has 0 spiro atoms. The van der Waals surface area contributed by atoms with E-state index < -0.39 is 0 Å². The topological polar surface area (TPSA) is 9.23 Å². The molecular weight excluding hydrogens is 280 g/mol. The lowest BCUT2D eigenvalue weighted by Crippen LogP contribution is -1.95. The van der Waals surface area contributed by atoms with Crippen molar-refractivity contribution in [3.63, 3.8) is 0 Å².